The summed E-state index contributed by atoms with van der Waals surface area (Å²) in [4.78, 5) is 4.42. The lowest BCUT2D eigenvalue weighted by Gasteiger charge is -2.15. The quantitative estimate of drug-likeness (QED) is 0.812. The van der Waals surface area contributed by atoms with Crippen LogP contribution in [0.5, 0.6) is 0 Å². The van der Waals surface area contributed by atoms with Gasteiger partial charge < -0.3 is 14.6 Å². The van der Waals surface area contributed by atoms with E-state index in [4.69, 9.17) is 20.9 Å². The van der Waals surface area contributed by atoms with Gasteiger partial charge >= 0.3 is 0 Å². The number of halogens is 1. The minimum Gasteiger partial charge on any atom is -0.383 e. The van der Waals surface area contributed by atoms with Gasteiger partial charge in [0, 0.05) is 30.2 Å². The predicted octanol–water partition coefficient (Wildman–Crippen LogP) is 2.95. The number of ether oxygens (including phenoxy) is 1. The first kappa shape index (κ1) is 15.9. The van der Waals surface area contributed by atoms with Crippen LogP contribution in [0.2, 0.25) is 5.02 Å². The molecule has 0 bridgehead atoms. The first-order valence-electron chi connectivity index (χ1n) is 7.03. The van der Waals surface area contributed by atoms with Crippen LogP contribution in [0.25, 0.3) is 11.4 Å². The zero-order chi connectivity index (χ0) is 15.1. The number of hydrogen-bond donors (Lipinski definition) is 1. The first-order chi connectivity index (χ1) is 10.2. The maximum absolute atomic E-state index is 5.97. The van der Waals surface area contributed by atoms with Crippen LogP contribution in [0.4, 0.5) is 0 Å². The maximum atomic E-state index is 5.97. The zero-order valence-corrected chi connectivity index (χ0v) is 13.1. The molecule has 0 aliphatic carbocycles. The molecule has 0 aliphatic rings. The average molecular weight is 310 g/mol. The number of rotatable bonds is 8. The summed E-state index contributed by atoms with van der Waals surface area (Å²) in [5.74, 6) is 1.15. The molecule has 0 amide bonds. The van der Waals surface area contributed by atoms with Gasteiger partial charge in [0.2, 0.25) is 11.7 Å². The molecular formula is C15H20ClN3O2. The second kappa shape index (κ2) is 8.12. The van der Waals surface area contributed by atoms with Crippen molar-refractivity contribution in [2.75, 3.05) is 20.3 Å². The van der Waals surface area contributed by atoms with Crippen molar-refractivity contribution in [1.29, 1.82) is 0 Å². The highest BCUT2D eigenvalue weighted by molar-refractivity contribution is 6.30. The molecular weight excluding hydrogens is 290 g/mol. The van der Waals surface area contributed by atoms with Gasteiger partial charge in [-0.2, -0.15) is 4.98 Å². The minimum atomic E-state index is 0.169. The molecule has 0 radical (unpaired) electrons. The third kappa shape index (κ3) is 4.81. The van der Waals surface area contributed by atoms with Crippen LogP contribution in [0, 0.1) is 0 Å². The van der Waals surface area contributed by atoms with Gasteiger partial charge in [0.15, 0.2) is 0 Å². The van der Waals surface area contributed by atoms with Gasteiger partial charge in [-0.1, -0.05) is 35.8 Å². The molecule has 1 N–H and O–H groups in total. The predicted molar refractivity (Wildman–Crippen MR) is 82.4 cm³/mol. The minimum absolute atomic E-state index is 0.169. The van der Waals surface area contributed by atoms with Gasteiger partial charge in [-0.3, -0.25) is 0 Å². The van der Waals surface area contributed by atoms with Crippen molar-refractivity contribution in [1.82, 2.24) is 15.5 Å². The summed E-state index contributed by atoms with van der Waals surface area (Å²) in [6.07, 6.45) is 1.71. The summed E-state index contributed by atoms with van der Waals surface area (Å²) in [5, 5.41) is 8.06. The summed E-state index contributed by atoms with van der Waals surface area (Å²) < 4.78 is 10.5. The molecule has 1 atom stereocenters. The van der Waals surface area contributed by atoms with E-state index in [1.807, 2.05) is 24.3 Å². The molecule has 0 saturated heterocycles. The summed E-state index contributed by atoms with van der Waals surface area (Å²) in [5.41, 5.74) is 0.849. The largest absolute Gasteiger partial charge is 0.383 e. The van der Waals surface area contributed by atoms with Crippen LogP contribution >= 0.6 is 11.6 Å². The van der Waals surface area contributed by atoms with Crippen LogP contribution in [0.3, 0.4) is 0 Å². The Balaban J connectivity index is 2.04. The van der Waals surface area contributed by atoms with Gasteiger partial charge in [0.05, 0.1) is 6.61 Å². The van der Waals surface area contributed by atoms with E-state index in [9.17, 15) is 0 Å². The van der Waals surface area contributed by atoms with Crippen molar-refractivity contribution >= 4 is 11.6 Å². The average Bonchev–Trinajstić information content (AvgIpc) is 2.93. The Hall–Kier alpha value is -1.43. The fraction of sp³-hybridized carbons (Fsp3) is 0.467. The van der Waals surface area contributed by atoms with Crippen LogP contribution in [-0.4, -0.2) is 36.4 Å². The molecule has 0 spiro atoms. The monoisotopic (exact) mass is 309 g/mol. The van der Waals surface area contributed by atoms with Gasteiger partial charge in [-0.15, -0.1) is 0 Å². The summed E-state index contributed by atoms with van der Waals surface area (Å²) in [6, 6.07) is 7.57. The molecule has 1 aromatic carbocycles. The maximum Gasteiger partial charge on any atom is 0.228 e. The Kier molecular flexibility index (Phi) is 6.17. The lowest BCUT2D eigenvalue weighted by molar-refractivity contribution is 0.161. The standard InChI is InChI=1S/C15H20ClN3O2/c1-3-7-17-13(10-20-2)9-14-18-15(19-21-14)11-5-4-6-12(16)8-11/h4-6,8,13,17H,3,7,9-10H2,1-2H3. The van der Waals surface area contributed by atoms with E-state index in [2.05, 4.69) is 22.4 Å². The van der Waals surface area contributed by atoms with Crippen LogP contribution in [0.1, 0.15) is 19.2 Å². The number of benzene rings is 1. The van der Waals surface area contributed by atoms with Crippen molar-refractivity contribution < 1.29 is 9.26 Å². The Morgan fingerprint density at radius 3 is 3.00 bits per heavy atom. The van der Waals surface area contributed by atoms with Crippen molar-refractivity contribution in [3.63, 3.8) is 0 Å². The smallest absolute Gasteiger partial charge is 0.228 e. The zero-order valence-electron chi connectivity index (χ0n) is 12.3. The topological polar surface area (TPSA) is 60.2 Å². The SMILES string of the molecule is CCCNC(COC)Cc1nc(-c2cccc(Cl)c2)no1. The normalized spacial score (nSPS) is 12.5. The van der Waals surface area contributed by atoms with Crippen LogP contribution < -0.4 is 5.32 Å². The lowest BCUT2D eigenvalue weighted by Crippen LogP contribution is -2.35. The van der Waals surface area contributed by atoms with E-state index in [0.717, 1.165) is 18.5 Å². The molecule has 1 unspecified atom stereocenters. The van der Waals surface area contributed by atoms with Gasteiger partial charge in [0.1, 0.15) is 0 Å². The van der Waals surface area contributed by atoms with Crippen LogP contribution in [-0.2, 0) is 11.2 Å². The van der Waals surface area contributed by atoms with Gasteiger partial charge in [-0.25, -0.2) is 0 Å². The highest BCUT2D eigenvalue weighted by atomic mass is 35.5. The molecule has 114 valence electrons. The van der Waals surface area contributed by atoms with Crippen molar-refractivity contribution in [2.45, 2.75) is 25.8 Å². The third-order valence-corrected chi connectivity index (χ3v) is 3.26. The molecule has 1 heterocycles. The second-order valence-electron chi connectivity index (χ2n) is 4.83. The lowest BCUT2D eigenvalue weighted by atomic mass is 10.2. The van der Waals surface area contributed by atoms with E-state index < -0.39 is 0 Å². The van der Waals surface area contributed by atoms with Crippen molar-refractivity contribution in [3.05, 3.63) is 35.2 Å². The first-order valence-corrected chi connectivity index (χ1v) is 7.41. The number of methoxy groups -OCH3 is 1. The molecule has 0 fully saturated rings. The van der Waals surface area contributed by atoms with Gasteiger partial charge in [0.25, 0.3) is 0 Å². The highest BCUT2D eigenvalue weighted by Crippen LogP contribution is 2.20. The number of aromatic nitrogens is 2. The Morgan fingerprint density at radius 1 is 1.43 bits per heavy atom. The van der Waals surface area contributed by atoms with E-state index in [-0.39, 0.29) is 6.04 Å². The fourth-order valence-corrected chi connectivity index (χ4v) is 2.22. The van der Waals surface area contributed by atoms with E-state index in [0.29, 0.717) is 29.8 Å². The molecule has 21 heavy (non-hydrogen) atoms. The molecule has 1 aromatic heterocycles. The van der Waals surface area contributed by atoms with E-state index >= 15 is 0 Å². The van der Waals surface area contributed by atoms with Crippen LogP contribution in [0.15, 0.2) is 28.8 Å². The summed E-state index contributed by atoms with van der Waals surface area (Å²) in [6.45, 7) is 3.67. The van der Waals surface area contributed by atoms with Gasteiger partial charge in [-0.05, 0) is 25.1 Å². The van der Waals surface area contributed by atoms with Crippen molar-refractivity contribution in [2.24, 2.45) is 0 Å². The summed E-state index contributed by atoms with van der Waals surface area (Å²) >= 11 is 5.97. The fourth-order valence-electron chi connectivity index (χ4n) is 2.03. The Labute approximate surface area is 129 Å². The summed E-state index contributed by atoms with van der Waals surface area (Å²) in [7, 11) is 1.69. The number of nitrogens with zero attached hydrogens (tertiary/aromatic N) is 2. The van der Waals surface area contributed by atoms with E-state index in [1.54, 1.807) is 7.11 Å². The molecule has 0 aliphatic heterocycles. The molecule has 0 saturated carbocycles. The third-order valence-electron chi connectivity index (χ3n) is 3.02. The van der Waals surface area contributed by atoms with Crippen molar-refractivity contribution in [3.8, 4) is 11.4 Å². The second-order valence-corrected chi connectivity index (χ2v) is 5.27. The molecule has 5 nitrogen and oxygen atoms in total. The molecule has 2 aromatic rings. The Bertz CT molecular complexity index is 559. The number of nitrogens with one attached hydrogen (secondary N) is 1. The molecule has 2 rings (SSSR count). The van der Waals surface area contributed by atoms with E-state index in [1.165, 1.54) is 0 Å². The molecule has 6 heteroatoms. The number of hydrogen-bond acceptors (Lipinski definition) is 5. The Morgan fingerprint density at radius 2 is 2.29 bits per heavy atom. The highest BCUT2D eigenvalue weighted by Gasteiger charge is 2.15.